The van der Waals surface area contributed by atoms with Crippen molar-refractivity contribution in [3.8, 4) is 0 Å². The van der Waals surface area contributed by atoms with Crippen molar-refractivity contribution in [3.05, 3.63) is 0 Å². The van der Waals surface area contributed by atoms with E-state index in [1.165, 1.54) is 17.9 Å². The van der Waals surface area contributed by atoms with Gasteiger partial charge in [0.2, 0.25) is 0 Å². The summed E-state index contributed by atoms with van der Waals surface area (Å²) in [6.45, 7) is 0. The zero-order chi connectivity index (χ0) is 8.69. The molecule has 0 heterocycles. The molecular formula is C7H18Al2S2. The van der Waals surface area contributed by atoms with Gasteiger partial charge in [0.1, 0.15) is 0 Å². The molecule has 0 spiro atoms. The molecule has 0 nitrogen and oxygen atoms in total. The van der Waals surface area contributed by atoms with Crippen molar-refractivity contribution in [2.45, 2.75) is 23.8 Å². The van der Waals surface area contributed by atoms with Crippen LogP contribution in [0.5, 0.6) is 0 Å². The average molecular weight is 220 g/mol. The topological polar surface area (TPSA) is 0 Å². The molecule has 11 heavy (non-hydrogen) atoms. The van der Waals surface area contributed by atoms with Crippen LogP contribution in [0.2, 0.25) is 17.4 Å². The van der Waals surface area contributed by atoms with Gasteiger partial charge in [-0.15, -0.1) is 0 Å². The molecule has 0 saturated heterocycles. The molecule has 0 rings (SSSR count). The van der Waals surface area contributed by atoms with Gasteiger partial charge in [-0.2, -0.15) is 0 Å². The van der Waals surface area contributed by atoms with Gasteiger partial charge in [-0.3, -0.25) is 0 Å². The standard InChI is InChI=1S/C4H10S2.3CH3.2Al/c1-6-4-2-3-5;;;;;/h5H,2-4H2,1H3;3*1H3;;/q;;;;;+1/p-1. The van der Waals surface area contributed by atoms with E-state index in [-0.39, 0.29) is 13.0 Å². The van der Waals surface area contributed by atoms with Crippen molar-refractivity contribution >= 4 is 45.5 Å². The third-order valence-electron chi connectivity index (χ3n) is 1.46. The van der Waals surface area contributed by atoms with E-state index in [4.69, 9.17) is 0 Å². The Morgan fingerprint density at radius 1 is 1.45 bits per heavy atom. The van der Waals surface area contributed by atoms with Gasteiger partial charge in [-0.05, 0) is 0 Å². The molecule has 0 radical (unpaired) electrons. The number of rotatable bonds is 5. The first kappa shape index (κ1) is 12.8. The fourth-order valence-electron chi connectivity index (χ4n) is 0.723. The third-order valence-corrected chi connectivity index (χ3v) is 10.2. The molecule has 0 aliphatic rings. The summed E-state index contributed by atoms with van der Waals surface area (Å²) < 4.78 is 0. The van der Waals surface area contributed by atoms with E-state index < -0.39 is 0 Å². The third kappa shape index (κ3) is 9.68. The molecule has 0 aromatic rings. The Morgan fingerprint density at radius 3 is 2.55 bits per heavy atom. The molecule has 0 aliphatic carbocycles. The normalized spacial score (nSPS) is 12.7. The molecule has 4 heteroatoms. The minimum absolute atomic E-state index is 0.316. The molecule has 0 aromatic heterocycles. The van der Waals surface area contributed by atoms with Crippen LogP contribution in [-0.2, 0) is 0 Å². The zero-order valence-electron chi connectivity index (χ0n) is 8.09. The Kier molecular flexibility index (Phi) is 9.71. The molecule has 0 aromatic carbocycles. The maximum absolute atomic E-state index is 2.42. The molecule has 0 amide bonds. The molecular weight excluding hydrogens is 202 g/mol. The Bertz CT molecular complexity index is 124. The fourth-order valence-corrected chi connectivity index (χ4v) is 5.65. The minimum atomic E-state index is -0.316. The van der Waals surface area contributed by atoms with Crippen LogP contribution in [0.4, 0.5) is 0 Å². The molecule has 0 N–H and O–H groups in total. The van der Waals surface area contributed by atoms with Gasteiger partial charge in [-0.1, -0.05) is 0 Å². The summed E-state index contributed by atoms with van der Waals surface area (Å²) in [6, 6.07) is 0. The van der Waals surface area contributed by atoms with E-state index >= 15 is 0 Å². The molecule has 1 unspecified atom stereocenters. The van der Waals surface area contributed by atoms with Crippen LogP contribution in [0.1, 0.15) is 6.42 Å². The van der Waals surface area contributed by atoms with Crippen LogP contribution in [0.25, 0.3) is 0 Å². The van der Waals surface area contributed by atoms with Crippen LogP contribution in [0.15, 0.2) is 0 Å². The first-order valence-electron chi connectivity index (χ1n) is 4.19. The van der Waals surface area contributed by atoms with E-state index in [0.717, 1.165) is 22.3 Å². The summed E-state index contributed by atoms with van der Waals surface area (Å²) >= 11 is 0.428. The predicted molar refractivity (Wildman–Crippen MR) is 64.6 cm³/mol. The van der Waals surface area contributed by atoms with Crippen molar-refractivity contribution in [1.82, 2.24) is 0 Å². The van der Waals surface area contributed by atoms with Crippen LogP contribution in [0, 0.1) is 0 Å². The summed E-state index contributed by atoms with van der Waals surface area (Å²) in [6.07, 6.45) is 3.89. The van der Waals surface area contributed by atoms with Gasteiger partial charge in [0, 0.05) is 0 Å². The van der Waals surface area contributed by atoms with Crippen LogP contribution < -0.4 is 0 Å². The summed E-state index contributed by atoms with van der Waals surface area (Å²) in [5.41, 5.74) is 0. The van der Waals surface area contributed by atoms with Crippen molar-refractivity contribution in [2.24, 2.45) is 0 Å². The summed E-state index contributed by atoms with van der Waals surface area (Å²) in [5, 5.41) is 0. The van der Waals surface area contributed by atoms with Gasteiger partial charge < -0.3 is 0 Å². The van der Waals surface area contributed by atoms with Crippen LogP contribution in [-0.4, -0.2) is 44.4 Å². The molecule has 0 bridgehead atoms. The molecule has 1 atom stereocenters. The molecule has 64 valence electrons. The molecule has 0 fully saturated rings. The monoisotopic (exact) mass is 220 g/mol. The second-order valence-electron chi connectivity index (χ2n) is 2.90. The Balaban J connectivity index is 3.15. The predicted octanol–water partition coefficient (Wildman–Crippen LogP) is 2.93. The van der Waals surface area contributed by atoms with E-state index in [1.807, 2.05) is 0 Å². The van der Waals surface area contributed by atoms with Gasteiger partial charge >= 0.3 is 87.0 Å². The molecule has 0 saturated carbocycles. The van der Waals surface area contributed by atoms with E-state index in [0.29, 0.717) is 0 Å². The van der Waals surface area contributed by atoms with Crippen LogP contribution >= 0.6 is 18.9 Å². The van der Waals surface area contributed by atoms with Gasteiger partial charge in [0.15, 0.2) is 0 Å². The number of hydrogen-bond donors (Lipinski definition) is 0. The zero-order valence-corrected chi connectivity index (χ0v) is 12.0. The summed E-state index contributed by atoms with van der Waals surface area (Å²) in [4.78, 5) is 0. The average Bonchev–Trinajstić information content (AvgIpc) is 1.97. The van der Waals surface area contributed by atoms with Crippen molar-refractivity contribution in [1.29, 1.82) is 0 Å². The first-order valence-corrected chi connectivity index (χ1v) is 13.4. The summed E-state index contributed by atoms with van der Waals surface area (Å²) in [7, 11) is 3.03. The van der Waals surface area contributed by atoms with E-state index in [2.05, 4.69) is 33.7 Å². The number of hydrogen-bond acceptors (Lipinski definition) is 1. The van der Waals surface area contributed by atoms with Crippen molar-refractivity contribution < 1.29 is 0 Å². The maximum atomic E-state index is 2.42. The van der Waals surface area contributed by atoms with Gasteiger partial charge in [0.25, 0.3) is 0 Å². The van der Waals surface area contributed by atoms with E-state index in [9.17, 15) is 0 Å². The Morgan fingerprint density at radius 2 is 2.09 bits per heavy atom. The van der Waals surface area contributed by atoms with Crippen molar-refractivity contribution in [2.75, 3.05) is 17.8 Å². The quantitative estimate of drug-likeness (QED) is 0.507. The fraction of sp³-hybridized carbons (Fsp3) is 1.00. The van der Waals surface area contributed by atoms with Gasteiger partial charge in [0.05, 0.1) is 0 Å². The Hall–Kier alpha value is 1.76. The van der Waals surface area contributed by atoms with Gasteiger partial charge in [-0.25, -0.2) is 0 Å². The second kappa shape index (κ2) is 8.37. The second-order valence-corrected chi connectivity index (χ2v) is 15.7. The van der Waals surface area contributed by atoms with Crippen molar-refractivity contribution in [3.63, 3.8) is 0 Å². The SMILES string of the molecule is [CH3][Al]=[S](C)CCC[S][Al]([CH3])[CH3]. The van der Waals surface area contributed by atoms with Crippen LogP contribution in [0.3, 0.4) is 0 Å². The summed E-state index contributed by atoms with van der Waals surface area (Å²) in [5.74, 6) is 10.1. The van der Waals surface area contributed by atoms with E-state index in [1.54, 1.807) is 0 Å². The first-order chi connectivity index (χ1) is 5.16. The Labute approximate surface area is 86.4 Å². The molecule has 0 aliphatic heterocycles.